The summed E-state index contributed by atoms with van der Waals surface area (Å²) in [5.74, 6) is 1.35. The first-order chi connectivity index (χ1) is 8.31. The number of fused-ring (bicyclic) bond motifs is 3. The van der Waals surface area contributed by atoms with Gasteiger partial charge in [0.25, 0.3) is 0 Å². The van der Waals surface area contributed by atoms with Crippen LogP contribution in [0.1, 0.15) is 29.8 Å². The normalized spacial score (nSPS) is 31.4. The largest absolute Gasteiger partial charge is 0.293 e. The summed E-state index contributed by atoms with van der Waals surface area (Å²) in [6.07, 6.45) is 5.19. The number of aryl methyl sites for hydroxylation is 2. The molecule has 92 valence electrons. The van der Waals surface area contributed by atoms with E-state index in [9.17, 15) is 0 Å². The van der Waals surface area contributed by atoms with Crippen LogP contribution in [0.2, 0.25) is 0 Å². The molecule has 0 amide bonds. The maximum absolute atomic E-state index is 4.68. The minimum absolute atomic E-state index is 0.844. The van der Waals surface area contributed by atoms with Gasteiger partial charge in [0.2, 0.25) is 0 Å². The molecule has 2 bridgehead atoms. The van der Waals surface area contributed by atoms with Gasteiger partial charge in [0.05, 0.1) is 11.4 Å². The van der Waals surface area contributed by atoms with Crippen LogP contribution >= 0.6 is 11.8 Å². The molecule has 1 aromatic rings. The number of hydrogen-bond donors (Lipinski definition) is 0. The van der Waals surface area contributed by atoms with E-state index in [1.165, 1.54) is 49.4 Å². The zero-order chi connectivity index (χ0) is 11.4. The Morgan fingerprint density at radius 2 is 2.35 bits per heavy atom. The Kier molecular flexibility index (Phi) is 2.31. The lowest BCUT2D eigenvalue weighted by molar-refractivity contribution is 0.253. The molecule has 0 N–H and O–H groups in total. The van der Waals surface area contributed by atoms with Crippen LogP contribution in [0.4, 0.5) is 0 Å². The van der Waals surface area contributed by atoms with Gasteiger partial charge >= 0.3 is 0 Å². The number of hydrogen-bond acceptors (Lipinski definition) is 3. The number of nitrogens with zero attached hydrogens (tertiary/aromatic N) is 3. The van der Waals surface area contributed by atoms with Gasteiger partial charge in [-0.2, -0.15) is 16.9 Å². The molecule has 0 aromatic carbocycles. The lowest BCUT2D eigenvalue weighted by Gasteiger charge is -2.26. The summed E-state index contributed by atoms with van der Waals surface area (Å²) in [5.41, 5.74) is 4.44. The van der Waals surface area contributed by atoms with Gasteiger partial charge in [0.15, 0.2) is 0 Å². The third-order valence-electron chi connectivity index (χ3n) is 4.57. The van der Waals surface area contributed by atoms with Crippen molar-refractivity contribution in [2.24, 2.45) is 7.05 Å². The first-order valence-corrected chi connectivity index (χ1v) is 7.75. The van der Waals surface area contributed by atoms with Gasteiger partial charge in [-0.15, -0.1) is 0 Å². The summed E-state index contributed by atoms with van der Waals surface area (Å²) in [6, 6.07) is 0.844. The van der Waals surface area contributed by atoms with E-state index in [-0.39, 0.29) is 0 Å². The second kappa shape index (κ2) is 3.75. The summed E-state index contributed by atoms with van der Waals surface area (Å²) >= 11 is 2.17. The van der Waals surface area contributed by atoms with Crippen LogP contribution in [-0.2, 0) is 26.4 Å². The molecular formula is C13H19N3S. The Labute approximate surface area is 107 Å². The molecule has 2 aliphatic heterocycles. The molecule has 1 aliphatic carbocycles. The van der Waals surface area contributed by atoms with Gasteiger partial charge in [-0.3, -0.25) is 9.58 Å². The summed E-state index contributed by atoms with van der Waals surface area (Å²) in [4.78, 5) is 2.69. The van der Waals surface area contributed by atoms with Gasteiger partial charge in [0.1, 0.15) is 0 Å². The van der Waals surface area contributed by atoms with Crippen molar-refractivity contribution in [3.8, 4) is 0 Å². The molecular weight excluding hydrogens is 230 g/mol. The van der Waals surface area contributed by atoms with Gasteiger partial charge in [0, 0.05) is 37.2 Å². The maximum atomic E-state index is 4.68. The summed E-state index contributed by atoms with van der Waals surface area (Å²) in [6.45, 7) is 2.44. The van der Waals surface area contributed by atoms with Crippen LogP contribution in [0.3, 0.4) is 0 Å². The number of likely N-dealkylation sites (tertiary alicyclic amines) is 1. The van der Waals surface area contributed by atoms with Crippen molar-refractivity contribution in [3.63, 3.8) is 0 Å². The third-order valence-corrected chi connectivity index (χ3v) is 5.96. The summed E-state index contributed by atoms with van der Waals surface area (Å²) in [7, 11) is 2.12. The Hall–Kier alpha value is -0.480. The van der Waals surface area contributed by atoms with Gasteiger partial charge in [-0.05, 0) is 31.2 Å². The minimum atomic E-state index is 0.844. The highest BCUT2D eigenvalue weighted by Crippen LogP contribution is 2.38. The Morgan fingerprint density at radius 3 is 3.12 bits per heavy atom. The van der Waals surface area contributed by atoms with Crippen LogP contribution in [0, 0.1) is 0 Å². The highest BCUT2D eigenvalue weighted by atomic mass is 32.2. The maximum Gasteiger partial charge on any atom is 0.0660 e. The molecule has 0 saturated carbocycles. The Morgan fingerprint density at radius 1 is 1.41 bits per heavy atom. The number of rotatable bonds is 2. The lowest BCUT2D eigenvalue weighted by atomic mass is 10.2. The molecule has 3 nitrogen and oxygen atoms in total. The summed E-state index contributed by atoms with van der Waals surface area (Å²) in [5, 5.41) is 5.60. The predicted molar refractivity (Wildman–Crippen MR) is 70.3 cm³/mol. The van der Waals surface area contributed by atoms with Crippen LogP contribution in [0.5, 0.6) is 0 Å². The minimum Gasteiger partial charge on any atom is -0.293 e. The molecule has 4 heteroatoms. The first-order valence-electron chi connectivity index (χ1n) is 6.70. The van der Waals surface area contributed by atoms with Gasteiger partial charge in [-0.25, -0.2) is 0 Å². The molecule has 2 saturated heterocycles. The fourth-order valence-electron chi connectivity index (χ4n) is 3.65. The zero-order valence-corrected chi connectivity index (χ0v) is 11.2. The van der Waals surface area contributed by atoms with Crippen molar-refractivity contribution in [3.05, 3.63) is 17.0 Å². The van der Waals surface area contributed by atoms with Gasteiger partial charge < -0.3 is 0 Å². The Balaban J connectivity index is 1.59. The molecule has 4 rings (SSSR count). The SMILES string of the molecule is Cn1nc2c(c1CN1C[C@@H]3C[C@H]1CS3)CCC2. The predicted octanol–water partition coefficient (Wildman–Crippen LogP) is 1.60. The van der Waals surface area contributed by atoms with E-state index in [1.54, 1.807) is 5.56 Å². The standard InChI is InChI=1S/C13H19N3S/c1-15-13(11-3-2-4-12(11)14-15)7-16-6-10-5-9(16)8-17-10/h9-10H,2-8H2,1H3/t9-,10-/m0/s1. The molecule has 0 spiro atoms. The lowest BCUT2D eigenvalue weighted by Crippen LogP contribution is -2.34. The van der Waals surface area contributed by atoms with E-state index in [0.717, 1.165) is 17.8 Å². The first kappa shape index (κ1) is 10.4. The summed E-state index contributed by atoms with van der Waals surface area (Å²) < 4.78 is 2.14. The van der Waals surface area contributed by atoms with Crippen LogP contribution in [0.25, 0.3) is 0 Å². The molecule has 17 heavy (non-hydrogen) atoms. The topological polar surface area (TPSA) is 21.1 Å². The van der Waals surface area contributed by atoms with Crippen molar-refractivity contribution in [1.29, 1.82) is 0 Å². The smallest absolute Gasteiger partial charge is 0.0660 e. The second-order valence-corrected chi connectivity index (χ2v) is 6.96. The number of aromatic nitrogens is 2. The van der Waals surface area contributed by atoms with E-state index in [4.69, 9.17) is 0 Å². The Bertz CT molecular complexity index is 454. The zero-order valence-electron chi connectivity index (χ0n) is 10.4. The fraction of sp³-hybridized carbons (Fsp3) is 0.769. The monoisotopic (exact) mass is 249 g/mol. The van der Waals surface area contributed by atoms with Crippen molar-refractivity contribution in [1.82, 2.24) is 14.7 Å². The van der Waals surface area contributed by atoms with Crippen LogP contribution < -0.4 is 0 Å². The average Bonchev–Trinajstić information content (AvgIpc) is 3.02. The van der Waals surface area contributed by atoms with E-state index in [1.807, 2.05) is 0 Å². The second-order valence-electron chi connectivity index (χ2n) is 5.62. The average molecular weight is 249 g/mol. The molecule has 3 heterocycles. The highest BCUT2D eigenvalue weighted by molar-refractivity contribution is 8.00. The van der Waals surface area contributed by atoms with Crippen LogP contribution in [-0.4, -0.2) is 38.3 Å². The van der Waals surface area contributed by atoms with E-state index in [0.29, 0.717) is 0 Å². The third kappa shape index (κ3) is 1.57. The molecule has 0 unspecified atom stereocenters. The van der Waals surface area contributed by atoms with Crippen molar-refractivity contribution in [2.45, 2.75) is 43.5 Å². The van der Waals surface area contributed by atoms with Crippen molar-refractivity contribution >= 4 is 11.8 Å². The van der Waals surface area contributed by atoms with Crippen LogP contribution in [0.15, 0.2) is 0 Å². The van der Waals surface area contributed by atoms with E-state index in [2.05, 4.69) is 33.5 Å². The molecule has 3 aliphatic rings. The fourth-order valence-corrected chi connectivity index (χ4v) is 5.14. The molecule has 2 atom stereocenters. The van der Waals surface area contributed by atoms with Crippen molar-refractivity contribution in [2.75, 3.05) is 12.3 Å². The highest BCUT2D eigenvalue weighted by Gasteiger charge is 2.39. The van der Waals surface area contributed by atoms with E-state index >= 15 is 0 Å². The van der Waals surface area contributed by atoms with Crippen molar-refractivity contribution < 1.29 is 0 Å². The van der Waals surface area contributed by atoms with Gasteiger partial charge in [-0.1, -0.05) is 0 Å². The molecule has 1 aromatic heterocycles. The van der Waals surface area contributed by atoms with E-state index < -0.39 is 0 Å². The number of thioether (sulfide) groups is 1. The molecule has 2 fully saturated rings. The quantitative estimate of drug-likeness (QED) is 0.794. The molecule has 0 radical (unpaired) electrons.